The zero-order valence-electron chi connectivity index (χ0n) is 5.20. The van der Waals surface area contributed by atoms with E-state index in [-0.39, 0.29) is 0 Å². The van der Waals surface area contributed by atoms with Crippen molar-refractivity contribution < 1.29 is 0 Å². The highest BCUT2D eigenvalue weighted by molar-refractivity contribution is 4.56. The van der Waals surface area contributed by atoms with Crippen LogP contribution in [0.3, 0.4) is 0 Å². The van der Waals surface area contributed by atoms with Crippen molar-refractivity contribution in [3.63, 3.8) is 0 Å². The second-order valence-corrected chi connectivity index (χ2v) is 1.55. The summed E-state index contributed by atoms with van der Waals surface area (Å²) in [6.45, 7) is 7.44. The van der Waals surface area contributed by atoms with Gasteiger partial charge in [-0.2, -0.15) is 0 Å². The summed E-state index contributed by atoms with van der Waals surface area (Å²) < 4.78 is 0. The Bertz CT molecular complexity index is 23.4. The van der Waals surface area contributed by atoms with Crippen molar-refractivity contribution in [3.05, 3.63) is 6.54 Å². The fourth-order valence-electron chi connectivity index (χ4n) is 0.391. The highest BCUT2D eigenvalue weighted by Crippen LogP contribution is 1.85. The monoisotopic (exact) mass is 100 g/mol. The van der Waals surface area contributed by atoms with Crippen LogP contribution in [0, 0.1) is 6.54 Å². The maximum absolute atomic E-state index is 3.12. The van der Waals surface area contributed by atoms with Gasteiger partial charge in [-0.3, -0.25) is 0 Å². The van der Waals surface area contributed by atoms with Crippen LogP contribution in [0.15, 0.2) is 0 Å². The molecule has 0 amide bonds. The fraction of sp³-hybridized carbons (Fsp3) is 0.833. The third-order valence-electron chi connectivity index (χ3n) is 0.781. The molecule has 0 saturated carbocycles. The van der Waals surface area contributed by atoms with Crippen molar-refractivity contribution in [2.75, 3.05) is 6.54 Å². The van der Waals surface area contributed by atoms with Gasteiger partial charge in [0.05, 0.1) is 0 Å². The summed E-state index contributed by atoms with van der Waals surface area (Å²) in [5.74, 6) is 0. The summed E-state index contributed by atoms with van der Waals surface area (Å²) in [6.07, 6.45) is 2.43. The van der Waals surface area contributed by atoms with Crippen LogP contribution >= 0.6 is 0 Å². The first-order valence-electron chi connectivity index (χ1n) is 2.96. The molecule has 0 aromatic heterocycles. The molecule has 0 aromatic carbocycles. The van der Waals surface area contributed by atoms with Crippen molar-refractivity contribution in [1.29, 1.82) is 0 Å². The van der Waals surface area contributed by atoms with Crippen LogP contribution in [0.25, 0.3) is 0 Å². The minimum Gasteiger partial charge on any atom is -0.313 e. The van der Waals surface area contributed by atoms with E-state index in [1.807, 2.05) is 0 Å². The third kappa shape index (κ3) is 5.96. The van der Waals surface area contributed by atoms with E-state index in [1.54, 1.807) is 0 Å². The Labute approximate surface area is 46.1 Å². The molecule has 0 saturated heterocycles. The maximum atomic E-state index is 3.12. The molecule has 0 aliphatic heterocycles. The van der Waals surface area contributed by atoms with E-state index in [0.29, 0.717) is 0 Å². The second-order valence-electron chi connectivity index (χ2n) is 1.55. The summed E-state index contributed by atoms with van der Waals surface area (Å²) in [7, 11) is 0. The predicted octanol–water partition coefficient (Wildman–Crippen LogP) is 1.56. The van der Waals surface area contributed by atoms with Crippen molar-refractivity contribution in [1.82, 2.24) is 5.32 Å². The quantitative estimate of drug-likeness (QED) is 0.529. The Morgan fingerprint density at radius 3 is 2.57 bits per heavy atom. The number of nitrogens with one attached hydrogen (secondary N) is 1. The van der Waals surface area contributed by atoms with Gasteiger partial charge in [0.15, 0.2) is 0 Å². The summed E-state index contributed by atoms with van der Waals surface area (Å²) in [5.41, 5.74) is 0. The van der Waals surface area contributed by atoms with Gasteiger partial charge in [-0.05, 0) is 13.0 Å². The first-order chi connectivity index (χ1) is 3.41. The van der Waals surface area contributed by atoms with Crippen LogP contribution in [0.2, 0.25) is 0 Å². The number of hydrogen-bond acceptors (Lipinski definition) is 1. The molecule has 7 heavy (non-hydrogen) atoms. The number of unbranched alkanes of at least 4 members (excludes halogenated alkanes) is 1. The molecule has 43 valence electrons. The van der Waals surface area contributed by atoms with Gasteiger partial charge in [-0.25, -0.2) is 0 Å². The fourth-order valence-corrected chi connectivity index (χ4v) is 0.391. The average Bonchev–Trinajstić information content (AvgIpc) is 1.69. The molecule has 0 aromatic rings. The molecule has 0 bridgehead atoms. The molecule has 0 fully saturated rings. The molecule has 0 aliphatic carbocycles. The highest BCUT2D eigenvalue weighted by Gasteiger charge is 1.78. The Kier molecular flexibility index (Phi) is 5.93. The minimum atomic E-state index is 1.06. The third-order valence-corrected chi connectivity index (χ3v) is 0.781. The molecule has 1 N–H and O–H groups in total. The van der Waals surface area contributed by atoms with Gasteiger partial charge in [-0.15, -0.1) is 0 Å². The molecule has 0 spiro atoms. The van der Waals surface area contributed by atoms with E-state index in [0.717, 1.165) is 6.54 Å². The lowest BCUT2D eigenvalue weighted by Crippen LogP contribution is -2.07. The second kappa shape index (κ2) is 5.96. The average molecular weight is 100 g/mol. The van der Waals surface area contributed by atoms with Crippen LogP contribution in [-0.2, 0) is 0 Å². The molecule has 0 atom stereocenters. The summed E-state index contributed by atoms with van der Waals surface area (Å²) in [4.78, 5) is 0. The standard InChI is InChI=1S/C6H14N/c1-3-5-6-7-4-2/h6-7H,3-5H2,1-2H3. The number of rotatable bonds is 4. The molecular formula is C6H14N. The van der Waals surface area contributed by atoms with Crippen molar-refractivity contribution in [2.45, 2.75) is 26.7 Å². The molecule has 0 heterocycles. The molecule has 0 unspecified atom stereocenters. The molecule has 0 rings (SSSR count). The van der Waals surface area contributed by atoms with Gasteiger partial charge in [0.1, 0.15) is 0 Å². The van der Waals surface area contributed by atoms with Crippen LogP contribution < -0.4 is 5.32 Å². The van der Waals surface area contributed by atoms with Crippen LogP contribution in [0.1, 0.15) is 26.7 Å². The SMILES string of the molecule is CCC[CH]NCC. The Balaban J connectivity index is 2.45. The van der Waals surface area contributed by atoms with Gasteiger partial charge in [0.2, 0.25) is 0 Å². The van der Waals surface area contributed by atoms with E-state index in [2.05, 4.69) is 25.7 Å². The highest BCUT2D eigenvalue weighted by atomic mass is 14.8. The Hall–Kier alpha value is -0.0400. The summed E-state index contributed by atoms with van der Waals surface area (Å²) in [6, 6.07) is 0. The Morgan fingerprint density at radius 1 is 1.43 bits per heavy atom. The van der Waals surface area contributed by atoms with Gasteiger partial charge < -0.3 is 5.32 Å². The lowest BCUT2D eigenvalue weighted by molar-refractivity contribution is 0.753. The van der Waals surface area contributed by atoms with Crippen LogP contribution in [-0.4, -0.2) is 6.54 Å². The molecule has 0 aliphatic rings. The van der Waals surface area contributed by atoms with Gasteiger partial charge in [-0.1, -0.05) is 20.3 Å². The van der Waals surface area contributed by atoms with E-state index < -0.39 is 0 Å². The van der Waals surface area contributed by atoms with E-state index in [9.17, 15) is 0 Å². The lowest BCUT2D eigenvalue weighted by Gasteiger charge is -1.94. The largest absolute Gasteiger partial charge is 0.313 e. The number of hydrogen-bond donors (Lipinski definition) is 1. The van der Waals surface area contributed by atoms with Gasteiger partial charge in [0, 0.05) is 6.54 Å². The van der Waals surface area contributed by atoms with Crippen LogP contribution in [0.4, 0.5) is 0 Å². The van der Waals surface area contributed by atoms with E-state index in [1.165, 1.54) is 12.8 Å². The molecule has 1 nitrogen and oxygen atoms in total. The molecule has 1 radical (unpaired) electrons. The first-order valence-corrected chi connectivity index (χ1v) is 2.96. The zero-order valence-corrected chi connectivity index (χ0v) is 5.20. The first kappa shape index (κ1) is 6.96. The topological polar surface area (TPSA) is 12.0 Å². The molecular weight excluding hydrogens is 86.1 g/mol. The van der Waals surface area contributed by atoms with E-state index in [4.69, 9.17) is 0 Å². The van der Waals surface area contributed by atoms with Crippen molar-refractivity contribution in [3.8, 4) is 0 Å². The smallest absolute Gasteiger partial charge is 0.0220 e. The Morgan fingerprint density at radius 2 is 2.14 bits per heavy atom. The van der Waals surface area contributed by atoms with Crippen molar-refractivity contribution in [2.24, 2.45) is 0 Å². The summed E-state index contributed by atoms with van der Waals surface area (Å²) in [5, 5.41) is 3.12. The van der Waals surface area contributed by atoms with E-state index >= 15 is 0 Å². The van der Waals surface area contributed by atoms with Gasteiger partial charge >= 0.3 is 0 Å². The van der Waals surface area contributed by atoms with Crippen molar-refractivity contribution >= 4 is 0 Å². The predicted molar refractivity (Wildman–Crippen MR) is 32.9 cm³/mol. The maximum Gasteiger partial charge on any atom is 0.0220 e. The normalized spacial score (nSPS) is 9.43. The van der Waals surface area contributed by atoms with Gasteiger partial charge in [0.25, 0.3) is 0 Å². The molecule has 1 heteroatoms. The lowest BCUT2D eigenvalue weighted by atomic mass is 10.3. The summed E-state index contributed by atoms with van der Waals surface area (Å²) >= 11 is 0. The minimum absolute atomic E-state index is 1.06. The van der Waals surface area contributed by atoms with Crippen LogP contribution in [0.5, 0.6) is 0 Å². The zero-order chi connectivity index (χ0) is 5.54.